The van der Waals surface area contributed by atoms with Crippen LogP contribution in [-0.4, -0.2) is 11.0 Å². The third-order valence-corrected chi connectivity index (χ3v) is 3.34. The molecule has 0 bridgehead atoms. The first-order valence-electron chi connectivity index (χ1n) is 7.19. The van der Waals surface area contributed by atoms with Crippen molar-refractivity contribution in [3.05, 3.63) is 64.2 Å². The van der Waals surface area contributed by atoms with E-state index in [0.29, 0.717) is 11.4 Å². The maximum atomic E-state index is 11.9. The van der Waals surface area contributed by atoms with Crippen LogP contribution in [0.2, 0.25) is 0 Å². The zero-order chi connectivity index (χ0) is 17.0. The molecule has 0 unspecified atom stereocenters. The highest BCUT2D eigenvalue weighted by molar-refractivity contribution is 5.99. The van der Waals surface area contributed by atoms with Crippen molar-refractivity contribution in [2.45, 2.75) is 26.2 Å². The van der Waals surface area contributed by atoms with Gasteiger partial charge in [-0.05, 0) is 35.2 Å². The molecule has 2 aromatic rings. The Morgan fingerprint density at radius 2 is 1.35 bits per heavy atom. The van der Waals surface area contributed by atoms with Crippen molar-refractivity contribution in [1.82, 2.24) is 0 Å². The van der Waals surface area contributed by atoms with Crippen molar-refractivity contribution in [3.63, 3.8) is 0 Å². The number of carbonyl (C=O) groups is 1. The van der Waals surface area contributed by atoms with Crippen LogP contribution in [0.15, 0.2) is 48.5 Å². The van der Waals surface area contributed by atoms with Crippen molar-refractivity contribution in [2.75, 3.05) is 10.6 Å². The minimum atomic E-state index is -0.485. The second kappa shape index (κ2) is 6.48. The molecule has 23 heavy (non-hydrogen) atoms. The van der Waals surface area contributed by atoms with Gasteiger partial charge in [-0.25, -0.2) is 4.79 Å². The molecule has 2 aromatic carbocycles. The SMILES string of the molecule is CC(C)(C)c1ccc(NC(=O)Nc2ccc([N+](=O)[O-])cc2)cc1. The summed E-state index contributed by atoms with van der Waals surface area (Å²) in [7, 11) is 0. The molecular weight excluding hydrogens is 294 g/mol. The largest absolute Gasteiger partial charge is 0.323 e. The third-order valence-electron chi connectivity index (χ3n) is 3.34. The van der Waals surface area contributed by atoms with Gasteiger partial charge in [-0.1, -0.05) is 32.9 Å². The fraction of sp³-hybridized carbons (Fsp3) is 0.235. The second-order valence-corrected chi connectivity index (χ2v) is 6.21. The summed E-state index contributed by atoms with van der Waals surface area (Å²) < 4.78 is 0. The maximum Gasteiger partial charge on any atom is 0.323 e. The number of nitrogens with one attached hydrogen (secondary N) is 2. The molecule has 0 aliphatic rings. The first-order valence-corrected chi connectivity index (χ1v) is 7.19. The Balaban J connectivity index is 1.98. The van der Waals surface area contributed by atoms with Gasteiger partial charge in [-0.15, -0.1) is 0 Å². The van der Waals surface area contributed by atoms with Gasteiger partial charge in [-0.2, -0.15) is 0 Å². The molecule has 2 N–H and O–H groups in total. The fourth-order valence-electron chi connectivity index (χ4n) is 2.01. The van der Waals surface area contributed by atoms with E-state index in [4.69, 9.17) is 0 Å². The van der Waals surface area contributed by atoms with Crippen molar-refractivity contribution < 1.29 is 9.72 Å². The molecule has 0 atom stereocenters. The minimum Gasteiger partial charge on any atom is -0.308 e. The van der Waals surface area contributed by atoms with Crippen LogP contribution in [0.1, 0.15) is 26.3 Å². The molecule has 120 valence electrons. The van der Waals surface area contributed by atoms with Crippen LogP contribution < -0.4 is 10.6 Å². The lowest BCUT2D eigenvalue weighted by atomic mass is 9.87. The van der Waals surface area contributed by atoms with Gasteiger partial charge >= 0.3 is 6.03 Å². The summed E-state index contributed by atoms with van der Waals surface area (Å²) in [6, 6.07) is 12.9. The molecule has 2 amide bonds. The Labute approximate surface area is 134 Å². The standard InChI is InChI=1S/C17H19N3O3/c1-17(2,3)12-4-6-13(7-5-12)18-16(21)19-14-8-10-15(11-9-14)20(22)23/h4-11H,1-3H3,(H2,18,19,21). The van der Waals surface area contributed by atoms with Gasteiger partial charge in [0, 0.05) is 23.5 Å². The van der Waals surface area contributed by atoms with Crippen molar-refractivity contribution >= 4 is 23.1 Å². The molecule has 0 spiro atoms. The van der Waals surface area contributed by atoms with Crippen LogP contribution in [0.25, 0.3) is 0 Å². The number of non-ortho nitro benzene ring substituents is 1. The van der Waals surface area contributed by atoms with Gasteiger partial charge in [0.25, 0.3) is 5.69 Å². The van der Waals surface area contributed by atoms with Gasteiger partial charge < -0.3 is 10.6 Å². The Hall–Kier alpha value is -2.89. The van der Waals surface area contributed by atoms with Crippen LogP contribution >= 0.6 is 0 Å². The molecule has 0 saturated carbocycles. The molecule has 6 heteroatoms. The van der Waals surface area contributed by atoms with Crippen LogP contribution in [0, 0.1) is 10.1 Å². The topological polar surface area (TPSA) is 84.3 Å². The first-order chi connectivity index (χ1) is 10.8. The van der Waals surface area contributed by atoms with Gasteiger partial charge in [0.05, 0.1) is 4.92 Å². The van der Waals surface area contributed by atoms with E-state index >= 15 is 0 Å². The average molecular weight is 313 g/mol. The van der Waals surface area contributed by atoms with Crippen molar-refractivity contribution in [3.8, 4) is 0 Å². The van der Waals surface area contributed by atoms with E-state index in [2.05, 4.69) is 31.4 Å². The number of urea groups is 1. The molecule has 0 aliphatic heterocycles. The van der Waals surface area contributed by atoms with E-state index in [-0.39, 0.29) is 11.1 Å². The van der Waals surface area contributed by atoms with Gasteiger partial charge in [-0.3, -0.25) is 10.1 Å². The zero-order valence-corrected chi connectivity index (χ0v) is 13.3. The summed E-state index contributed by atoms with van der Waals surface area (Å²) >= 11 is 0. The first kappa shape index (κ1) is 16.5. The molecule has 0 heterocycles. The number of rotatable bonds is 3. The monoisotopic (exact) mass is 313 g/mol. The molecule has 0 saturated heterocycles. The molecular formula is C17H19N3O3. The fourth-order valence-corrected chi connectivity index (χ4v) is 2.01. The Bertz CT molecular complexity index is 701. The Kier molecular flexibility index (Phi) is 4.64. The average Bonchev–Trinajstić information content (AvgIpc) is 2.47. The number of hydrogen-bond acceptors (Lipinski definition) is 3. The lowest BCUT2D eigenvalue weighted by molar-refractivity contribution is -0.384. The number of benzene rings is 2. The summed E-state index contributed by atoms with van der Waals surface area (Å²) in [5.74, 6) is 0. The summed E-state index contributed by atoms with van der Waals surface area (Å²) in [5, 5.41) is 15.9. The molecule has 0 aliphatic carbocycles. The highest BCUT2D eigenvalue weighted by Gasteiger charge is 2.13. The highest BCUT2D eigenvalue weighted by Crippen LogP contribution is 2.23. The molecule has 6 nitrogen and oxygen atoms in total. The molecule has 0 fully saturated rings. The van der Waals surface area contributed by atoms with Crippen LogP contribution in [0.5, 0.6) is 0 Å². The summed E-state index contributed by atoms with van der Waals surface area (Å²) in [5.41, 5.74) is 2.38. The lowest BCUT2D eigenvalue weighted by Gasteiger charge is -2.19. The minimum absolute atomic E-state index is 0.0197. The predicted molar refractivity (Wildman–Crippen MR) is 90.9 cm³/mol. The number of nitro benzene ring substituents is 1. The van der Waals surface area contributed by atoms with E-state index in [1.807, 2.05) is 24.3 Å². The third kappa shape index (κ3) is 4.54. The molecule has 0 radical (unpaired) electrons. The Morgan fingerprint density at radius 1 is 0.913 bits per heavy atom. The number of amides is 2. The zero-order valence-electron chi connectivity index (χ0n) is 13.3. The second-order valence-electron chi connectivity index (χ2n) is 6.21. The van der Waals surface area contributed by atoms with Gasteiger partial charge in [0.15, 0.2) is 0 Å². The van der Waals surface area contributed by atoms with E-state index in [1.165, 1.54) is 29.8 Å². The van der Waals surface area contributed by atoms with Crippen LogP contribution in [0.3, 0.4) is 0 Å². The van der Waals surface area contributed by atoms with E-state index < -0.39 is 11.0 Å². The normalized spacial score (nSPS) is 10.9. The number of nitro groups is 1. The number of hydrogen-bond donors (Lipinski definition) is 2. The van der Waals surface area contributed by atoms with E-state index in [0.717, 1.165) is 0 Å². The smallest absolute Gasteiger partial charge is 0.308 e. The molecule has 2 rings (SSSR count). The van der Waals surface area contributed by atoms with E-state index in [1.54, 1.807) is 0 Å². The van der Waals surface area contributed by atoms with Crippen molar-refractivity contribution in [2.24, 2.45) is 0 Å². The highest BCUT2D eigenvalue weighted by atomic mass is 16.6. The van der Waals surface area contributed by atoms with Gasteiger partial charge in [0.2, 0.25) is 0 Å². The summed E-state index contributed by atoms with van der Waals surface area (Å²) in [4.78, 5) is 22.0. The maximum absolute atomic E-state index is 11.9. The number of nitrogens with zero attached hydrogens (tertiary/aromatic N) is 1. The predicted octanol–water partition coefficient (Wildman–Crippen LogP) is 4.54. The number of anilines is 2. The summed E-state index contributed by atoms with van der Waals surface area (Å²) in [6.45, 7) is 6.37. The Morgan fingerprint density at radius 3 is 1.74 bits per heavy atom. The number of carbonyl (C=O) groups excluding carboxylic acids is 1. The van der Waals surface area contributed by atoms with Crippen LogP contribution in [-0.2, 0) is 5.41 Å². The van der Waals surface area contributed by atoms with E-state index in [9.17, 15) is 14.9 Å². The molecule has 0 aromatic heterocycles. The van der Waals surface area contributed by atoms with Crippen LogP contribution in [0.4, 0.5) is 21.9 Å². The quantitative estimate of drug-likeness (QED) is 0.644. The summed E-state index contributed by atoms with van der Waals surface area (Å²) in [6.07, 6.45) is 0. The van der Waals surface area contributed by atoms with Crippen molar-refractivity contribution in [1.29, 1.82) is 0 Å². The van der Waals surface area contributed by atoms with Gasteiger partial charge in [0.1, 0.15) is 0 Å². The lowest BCUT2D eigenvalue weighted by Crippen LogP contribution is -2.19.